The van der Waals surface area contributed by atoms with Crippen LogP contribution in [0.1, 0.15) is 5.56 Å². The Balaban J connectivity index is 1.68. The maximum Gasteiger partial charge on any atom is 0.311 e. The molecule has 2 aromatic carbocycles. The molecule has 0 aliphatic rings. The molecule has 27 heavy (non-hydrogen) atoms. The van der Waals surface area contributed by atoms with E-state index in [0.717, 1.165) is 17.1 Å². The number of halogens is 1. The Morgan fingerprint density at radius 1 is 1.30 bits per heavy atom. The van der Waals surface area contributed by atoms with Gasteiger partial charge in [0.1, 0.15) is 5.75 Å². The van der Waals surface area contributed by atoms with Crippen LogP contribution in [0.25, 0.3) is 0 Å². The van der Waals surface area contributed by atoms with Crippen molar-refractivity contribution in [2.75, 3.05) is 26.0 Å². The molecule has 7 nitrogen and oxygen atoms in total. The second kappa shape index (κ2) is 10.6. The van der Waals surface area contributed by atoms with Gasteiger partial charge >= 0.3 is 5.69 Å². The van der Waals surface area contributed by atoms with Gasteiger partial charge in [0.2, 0.25) is 5.75 Å². The molecule has 0 atom stereocenters. The third-order valence-corrected chi connectivity index (χ3v) is 4.71. The Morgan fingerprint density at radius 3 is 2.81 bits per heavy atom. The number of carbonyl (C=O) groups excluding carboxylic acids is 1. The zero-order valence-corrected chi connectivity index (χ0v) is 16.2. The van der Waals surface area contributed by atoms with Gasteiger partial charge in [-0.25, -0.2) is 0 Å². The van der Waals surface area contributed by atoms with Crippen molar-refractivity contribution >= 4 is 35.0 Å². The first kappa shape index (κ1) is 20.9. The molecular weight excluding hydrogens is 392 g/mol. The van der Waals surface area contributed by atoms with Gasteiger partial charge in [-0.1, -0.05) is 23.7 Å². The highest BCUT2D eigenvalue weighted by Gasteiger charge is 2.15. The number of methoxy groups -OCH3 is 1. The van der Waals surface area contributed by atoms with Crippen LogP contribution in [0.3, 0.4) is 0 Å². The van der Waals surface area contributed by atoms with Crippen molar-refractivity contribution in [3.8, 4) is 11.5 Å². The van der Waals surface area contributed by atoms with E-state index in [9.17, 15) is 14.9 Å². The molecule has 0 unspecified atom stereocenters. The standard InChI is InChI=1S/C18H19ClN2O5S/c1-25-17-10-15(5-6-16(17)21(23)24)26-11-18(22)20-7-8-27-12-13-3-2-4-14(19)9-13/h2-6,9-10H,7-8,11-12H2,1H3,(H,20,22). The molecule has 0 fully saturated rings. The number of hydrogen-bond acceptors (Lipinski definition) is 6. The summed E-state index contributed by atoms with van der Waals surface area (Å²) in [5, 5.41) is 14.3. The number of nitrogens with zero attached hydrogens (tertiary/aromatic N) is 1. The number of benzene rings is 2. The molecule has 0 aliphatic heterocycles. The Hall–Kier alpha value is -2.45. The van der Waals surface area contributed by atoms with Crippen molar-refractivity contribution < 1.29 is 19.2 Å². The summed E-state index contributed by atoms with van der Waals surface area (Å²) in [5.74, 6) is 1.70. The van der Waals surface area contributed by atoms with Gasteiger partial charge in [-0.3, -0.25) is 14.9 Å². The van der Waals surface area contributed by atoms with Gasteiger partial charge < -0.3 is 14.8 Å². The lowest BCUT2D eigenvalue weighted by Crippen LogP contribution is -2.30. The summed E-state index contributed by atoms with van der Waals surface area (Å²) in [6.45, 7) is 0.330. The minimum Gasteiger partial charge on any atom is -0.490 e. The highest BCUT2D eigenvalue weighted by atomic mass is 35.5. The quantitative estimate of drug-likeness (QED) is 0.365. The van der Waals surface area contributed by atoms with Gasteiger partial charge in [-0.2, -0.15) is 11.8 Å². The van der Waals surface area contributed by atoms with Crippen LogP contribution in [-0.2, 0) is 10.5 Å². The zero-order chi connectivity index (χ0) is 19.6. The van der Waals surface area contributed by atoms with Crippen molar-refractivity contribution in [2.45, 2.75) is 5.75 Å². The van der Waals surface area contributed by atoms with Gasteiger partial charge in [-0.05, 0) is 23.8 Å². The van der Waals surface area contributed by atoms with Crippen molar-refractivity contribution in [3.63, 3.8) is 0 Å². The zero-order valence-electron chi connectivity index (χ0n) is 14.6. The monoisotopic (exact) mass is 410 g/mol. The van der Waals surface area contributed by atoms with Crippen molar-refractivity contribution in [1.82, 2.24) is 5.32 Å². The Morgan fingerprint density at radius 2 is 2.11 bits per heavy atom. The van der Waals surface area contributed by atoms with Crippen molar-refractivity contribution in [2.24, 2.45) is 0 Å². The smallest absolute Gasteiger partial charge is 0.311 e. The van der Waals surface area contributed by atoms with Crippen LogP contribution in [0.4, 0.5) is 5.69 Å². The van der Waals surface area contributed by atoms with E-state index < -0.39 is 4.92 Å². The third kappa shape index (κ3) is 6.99. The lowest BCUT2D eigenvalue weighted by Gasteiger charge is -2.09. The first-order chi connectivity index (χ1) is 13.0. The van der Waals surface area contributed by atoms with Crippen LogP contribution in [-0.4, -0.2) is 36.8 Å². The average Bonchev–Trinajstić information content (AvgIpc) is 2.65. The fraction of sp³-hybridized carbons (Fsp3) is 0.278. The topological polar surface area (TPSA) is 90.7 Å². The first-order valence-electron chi connectivity index (χ1n) is 8.03. The number of nitro groups is 1. The minimum atomic E-state index is -0.545. The Bertz CT molecular complexity index is 803. The van der Waals surface area contributed by atoms with Crippen LogP contribution < -0.4 is 14.8 Å². The van der Waals surface area contributed by atoms with Crippen LogP contribution in [0.5, 0.6) is 11.5 Å². The number of amides is 1. The lowest BCUT2D eigenvalue weighted by molar-refractivity contribution is -0.385. The molecule has 2 aromatic rings. The highest BCUT2D eigenvalue weighted by Crippen LogP contribution is 2.30. The largest absolute Gasteiger partial charge is 0.490 e. The number of rotatable bonds is 10. The molecule has 0 radical (unpaired) electrons. The van der Waals surface area contributed by atoms with Crippen LogP contribution in [0, 0.1) is 10.1 Å². The van der Waals surface area contributed by atoms with Gasteiger partial charge in [0.15, 0.2) is 6.61 Å². The Kier molecular flexibility index (Phi) is 8.22. The summed E-state index contributed by atoms with van der Waals surface area (Å²) in [6.07, 6.45) is 0. The summed E-state index contributed by atoms with van der Waals surface area (Å²) in [4.78, 5) is 22.1. The summed E-state index contributed by atoms with van der Waals surface area (Å²) in [7, 11) is 1.33. The summed E-state index contributed by atoms with van der Waals surface area (Å²) in [5.41, 5.74) is 0.973. The SMILES string of the molecule is COc1cc(OCC(=O)NCCSCc2cccc(Cl)c2)ccc1[N+](=O)[O-]. The molecule has 9 heteroatoms. The number of carbonyl (C=O) groups is 1. The van der Waals surface area contributed by atoms with E-state index in [1.54, 1.807) is 11.8 Å². The number of hydrogen-bond donors (Lipinski definition) is 1. The van der Waals surface area contributed by atoms with Crippen molar-refractivity contribution in [1.29, 1.82) is 0 Å². The maximum absolute atomic E-state index is 11.8. The predicted molar refractivity (Wildman–Crippen MR) is 106 cm³/mol. The van der Waals surface area contributed by atoms with Gasteiger partial charge in [0, 0.05) is 35.2 Å². The predicted octanol–water partition coefficient (Wildman–Crippen LogP) is 3.69. The molecular formula is C18H19ClN2O5S. The molecule has 0 heterocycles. The molecule has 1 N–H and O–H groups in total. The van der Waals surface area contributed by atoms with Crippen LogP contribution >= 0.6 is 23.4 Å². The van der Waals surface area contributed by atoms with Crippen LogP contribution in [0.2, 0.25) is 5.02 Å². The number of nitrogens with one attached hydrogen (secondary N) is 1. The summed E-state index contributed by atoms with van der Waals surface area (Å²) < 4.78 is 10.3. The number of nitro benzene ring substituents is 1. The molecule has 0 bridgehead atoms. The van der Waals surface area contributed by atoms with E-state index in [0.29, 0.717) is 17.3 Å². The van der Waals surface area contributed by atoms with E-state index in [1.807, 2.05) is 24.3 Å². The minimum absolute atomic E-state index is 0.0790. The molecule has 0 aliphatic carbocycles. The van der Waals surface area contributed by atoms with E-state index in [2.05, 4.69) is 5.32 Å². The molecule has 144 valence electrons. The van der Waals surface area contributed by atoms with E-state index in [-0.39, 0.29) is 24.0 Å². The van der Waals surface area contributed by atoms with Gasteiger partial charge in [-0.15, -0.1) is 0 Å². The molecule has 1 amide bonds. The van der Waals surface area contributed by atoms with Gasteiger partial charge in [0.05, 0.1) is 12.0 Å². The number of ether oxygens (including phenoxy) is 2. The molecule has 0 saturated heterocycles. The molecule has 0 saturated carbocycles. The maximum atomic E-state index is 11.8. The van der Waals surface area contributed by atoms with Crippen molar-refractivity contribution in [3.05, 3.63) is 63.2 Å². The second-order valence-electron chi connectivity index (χ2n) is 5.41. The van der Waals surface area contributed by atoms with E-state index in [4.69, 9.17) is 21.1 Å². The Labute approximate surface area is 166 Å². The van der Waals surface area contributed by atoms with Gasteiger partial charge in [0.25, 0.3) is 5.91 Å². The summed E-state index contributed by atoms with van der Waals surface area (Å²) >= 11 is 7.62. The molecule has 0 spiro atoms. The first-order valence-corrected chi connectivity index (χ1v) is 9.57. The normalized spacial score (nSPS) is 10.3. The highest BCUT2D eigenvalue weighted by molar-refractivity contribution is 7.98. The van der Waals surface area contributed by atoms with Crippen LogP contribution in [0.15, 0.2) is 42.5 Å². The second-order valence-corrected chi connectivity index (χ2v) is 6.95. The lowest BCUT2D eigenvalue weighted by atomic mass is 10.2. The van der Waals surface area contributed by atoms with E-state index in [1.165, 1.54) is 25.3 Å². The fourth-order valence-corrected chi connectivity index (χ4v) is 3.20. The van der Waals surface area contributed by atoms with E-state index >= 15 is 0 Å². The average molecular weight is 411 g/mol. The third-order valence-electron chi connectivity index (χ3n) is 3.44. The summed E-state index contributed by atoms with van der Waals surface area (Å²) in [6, 6.07) is 11.7. The fourth-order valence-electron chi connectivity index (χ4n) is 2.18. The molecule has 2 rings (SSSR count). The number of thioether (sulfide) groups is 1. The molecule has 0 aromatic heterocycles.